The number of aliphatic hydroxyl groups excluding tert-OH is 1. The molecule has 0 fully saturated rings. The molecule has 22 heavy (non-hydrogen) atoms. The largest absolute Gasteiger partial charge is 0.497 e. The van der Waals surface area contributed by atoms with Crippen molar-refractivity contribution in [3.05, 3.63) is 40.8 Å². The van der Waals surface area contributed by atoms with Crippen LogP contribution in [0.4, 0.5) is 5.13 Å². The molecule has 6 nitrogen and oxygen atoms in total. The van der Waals surface area contributed by atoms with E-state index in [1.807, 2.05) is 23.7 Å². The summed E-state index contributed by atoms with van der Waals surface area (Å²) in [6.45, 7) is 0. The zero-order chi connectivity index (χ0) is 15.9. The Kier molecular flexibility index (Phi) is 5.75. The smallest absolute Gasteiger partial charge is 0.213 e. The fourth-order valence-corrected chi connectivity index (χ4v) is 2.85. The van der Waals surface area contributed by atoms with Crippen LogP contribution in [-0.4, -0.2) is 32.9 Å². The third-order valence-corrected chi connectivity index (χ3v) is 4.06. The van der Waals surface area contributed by atoms with E-state index in [4.69, 9.17) is 10.8 Å². The van der Waals surface area contributed by atoms with Crippen LogP contribution in [0.1, 0.15) is 5.69 Å². The summed E-state index contributed by atoms with van der Waals surface area (Å²) in [5, 5.41) is 14.2. The van der Waals surface area contributed by atoms with Crippen molar-refractivity contribution in [2.24, 2.45) is 5.16 Å². The molecule has 0 aliphatic heterocycles. The highest BCUT2D eigenvalue weighted by atomic mass is 32.1. The van der Waals surface area contributed by atoms with Crippen molar-refractivity contribution < 1.29 is 9.94 Å². The maximum Gasteiger partial charge on any atom is 0.213 e. The van der Waals surface area contributed by atoms with Crippen LogP contribution >= 0.6 is 34.9 Å². The zero-order valence-electron chi connectivity index (χ0n) is 11.5. The third-order valence-electron chi connectivity index (χ3n) is 2.39. The van der Waals surface area contributed by atoms with E-state index in [1.165, 1.54) is 23.1 Å². The minimum absolute atomic E-state index is 0.116. The molecule has 1 aromatic carbocycles. The molecule has 0 amide bonds. The Hall–Kier alpha value is -2.10. The van der Waals surface area contributed by atoms with Crippen LogP contribution in [0, 0.1) is 0 Å². The fourth-order valence-electron chi connectivity index (χ4n) is 1.49. The van der Waals surface area contributed by atoms with Crippen LogP contribution in [0.3, 0.4) is 0 Å². The first kappa shape index (κ1) is 16.3. The summed E-state index contributed by atoms with van der Waals surface area (Å²) in [5.41, 5.74) is 8.89. The van der Waals surface area contributed by atoms with Crippen molar-refractivity contribution in [3.8, 4) is 0 Å². The number of thiocarbonyl (C=S) groups is 1. The fraction of sp³-hybridized carbons (Fsp3) is 0.0769. The minimum Gasteiger partial charge on any atom is -0.497 e. The van der Waals surface area contributed by atoms with Gasteiger partial charge in [-0.25, -0.2) is 9.97 Å². The van der Waals surface area contributed by atoms with Gasteiger partial charge < -0.3 is 15.7 Å². The molecule has 0 atom stereocenters. The second-order valence-corrected chi connectivity index (χ2v) is 5.98. The van der Waals surface area contributed by atoms with E-state index in [1.54, 1.807) is 16.7 Å². The molecular formula is C13H12N4O2S3. The van der Waals surface area contributed by atoms with Gasteiger partial charge in [-0.3, -0.25) is 0 Å². The molecule has 3 N–H and O–H groups in total. The van der Waals surface area contributed by atoms with Crippen LogP contribution in [0.2, 0.25) is 0 Å². The molecule has 0 radical (unpaired) electrons. The topological polar surface area (TPSA) is 93.6 Å². The molecule has 3 rings (SSSR count). The Morgan fingerprint density at radius 2 is 2.14 bits per heavy atom. The summed E-state index contributed by atoms with van der Waals surface area (Å²) in [6.07, 6.45) is 0. The molecule has 3 aromatic rings. The van der Waals surface area contributed by atoms with Gasteiger partial charge in [0, 0.05) is 5.38 Å². The van der Waals surface area contributed by atoms with Gasteiger partial charge in [-0.1, -0.05) is 17.3 Å². The first-order valence-electron chi connectivity index (χ1n) is 5.96. The van der Waals surface area contributed by atoms with Crippen molar-refractivity contribution in [2.75, 3.05) is 12.8 Å². The van der Waals surface area contributed by atoms with Gasteiger partial charge in [-0.2, -0.15) is 0 Å². The van der Waals surface area contributed by atoms with Gasteiger partial charge in [0.2, 0.25) is 5.05 Å². The Labute approximate surface area is 139 Å². The Morgan fingerprint density at radius 1 is 1.36 bits per heavy atom. The van der Waals surface area contributed by atoms with Gasteiger partial charge in [0.15, 0.2) is 10.8 Å². The SMILES string of the molecule is CO/N=C(\C(O)=S)c1csc(N)n1.c1ccc2scnc2c1. The quantitative estimate of drug-likeness (QED) is 0.427. The average Bonchev–Trinajstić information content (AvgIpc) is 3.13. The lowest BCUT2D eigenvalue weighted by atomic mass is 10.3. The Morgan fingerprint density at radius 3 is 2.73 bits per heavy atom. The molecule has 0 unspecified atom stereocenters. The predicted octanol–water partition coefficient (Wildman–Crippen LogP) is 3.26. The summed E-state index contributed by atoms with van der Waals surface area (Å²) in [7, 11) is 1.36. The highest BCUT2D eigenvalue weighted by Gasteiger charge is 2.12. The molecule has 0 saturated carbocycles. The van der Waals surface area contributed by atoms with E-state index in [-0.39, 0.29) is 10.8 Å². The molecular weight excluding hydrogens is 340 g/mol. The first-order chi connectivity index (χ1) is 10.6. The lowest BCUT2D eigenvalue weighted by Crippen LogP contribution is -2.13. The van der Waals surface area contributed by atoms with E-state index in [0.29, 0.717) is 10.8 Å². The maximum atomic E-state index is 9.05. The van der Waals surface area contributed by atoms with Crippen LogP contribution in [0.25, 0.3) is 10.2 Å². The van der Waals surface area contributed by atoms with Crippen molar-refractivity contribution in [1.82, 2.24) is 9.97 Å². The van der Waals surface area contributed by atoms with Crippen LogP contribution in [0.15, 0.2) is 40.3 Å². The average molecular weight is 352 g/mol. The highest BCUT2D eigenvalue weighted by Crippen LogP contribution is 2.15. The number of oxime groups is 1. The number of nitrogen functional groups attached to an aromatic ring is 1. The molecule has 2 aromatic heterocycles. The number of para-hydroxylation sites is 1. The van der Waals surface area contributed by atoms with Gasteiger partial charge in [0.05, 0.1) is 15.7 Å². The van der Waals surface area contributed by atoms with E-state index < -0.39 is 0 Å². The number of hydrogen-bond acceptors (Lipinski definition) is 8. The molecule has 0 aliphatic carbocycles. The Balaban J connectivity index is 0.000000170. The predicted molar refractivity (Wildman–Crippen MR) is 94.9 cm³/mol. The van der Waals surface area contributed by atoms with E-state index in [9.17, 15) is 0 Å². The summed E-state index contributed by atoms with van der Waals surface area (Å²) in [6, 6.07) is 8.13. The lowest BCUT2D eigenvalue weighted by molar-refractivity contribution is 0.214. The first-order valence-corrected chi connectivity index (χ1v) is 8.12. The number of anilines is 1. The number of fused-ring (bicyclic) bond motifs is 1. The molecule has 0 saturated heterocycles. The molecule has 0 spiro atoms. The van der Waals surface area contributed by atoms with Gasteiger partial charge >= 0.3 is 0 Å². The normalized spacial score (nSPS) is 10.9. The second kappa shape index (κ2) is 7.78. The van der Waals surface area contributed by atoms with Gasteiger partial charge in [-0.05, 0) is 24.4 Å². The summed E-state index contributed by atoms with van der Waals surface area (Å²) in [5.74, 6) is 0. The summed E-state index contributed by atoms with van der Waals surface area (Å²) < 4.78 is 1.26. The van der Waals surface area contributed by atoms with Gasteiger partial charge in [0.25, 0.3) is 0 Å². The molecule has 114 valence electrons. The number of aromatic nitrogens is 2. The lowest BCUT2D eigenvalue weighted by Gasteiger charge is -1.96. The van der Waals surface area contributed by atoms with Crippen molar-refractivity contribution >= 4 is 61.0 Å². The number of thiazole rings is 2. The van der Waals surface area contributed by atoms with E-state index >= 15 is 0 Å². The van der Waals surface area contributed by atoms with Crippen LogP contribution in [-0.2, 0) is 4.84 Å². The van der Waals surface area contributed by atoms with Crippen molar-refractivity contribution in [1.29, 1.82) is 0 Å². The second-order valence-electron chi connectivity index (χ2n) is 3.82. The Bertz CT molecular complexity index is 767. The number of benzene rings is 1. The van der Waals surface area contributed by atoms with Crippen LogP contribution < -0.4 is 5.73 Å². The molecule has 2 heterocycles. The van der Waals surface area contributed by atoms with E-state index in [0.717, 1.165) is 5.52 Å². The number of rotatable bonds is 3. The van der Waals surface area contributed by atoms with Crippen molar-refractivity contribution in [2.45, 2.75) is 0 Å². The molecule has 9 heteroatoms. The summed E-state index contributed by atoms with van der Waals surface area (Å²) >= 11 is 7.45. The minimum atomic E-state index is -0.368. The zero-order valence-corrected chi connectivity index (χ0v) is 13.9. The monoisotopic (exact) mass is 352 g/mol. The van der Waals surface area contributed by atoms with E-state index in [2.05, 4.69) is 38.2 Å². The molecule has 0 bridgehead atoms. The number of nitrogens with zero attached hydrogens (tertiary/aromatic N) is 3. The molecule has 0 aliphatic rings. The number of hydrogen-bond donors (Lipinski definition) is 2. The highest BCUT2D eigenvalue weighted by molar-refractivity contribution is 7.81. The number of nitrogens with two attached hydrogens (primary N) is 1. The maximum absolute atomic E-state index is 9.05. The van der Waals surface area contributed by atoms with Gasteiger partial charge in [-0.15, -0.1) is 22.7 Å². The number of aliphatic hydroxyl groups is 1. The third kappa shape index (κ3) is 4.20. The van der Waals surface area contributed by atoms with Gasteiger partial charge in [0.1, 0.15) is 12.8 Å². The summed E-state index contributed by atoms with van der Waals surface area (Å²) in [4.78, 5) is 12.5. The van der Waals surface area contributed by atoms with Crippen LogP contribution in [0.5, 0.6) is 0 Å². The van der Waals surface area contributed by atoms with Crippen molar-refractivity contribution in [3.63, 3.8) is 0 Å². The standard InChI is InChI=1S/C7H5NS.C6H7N3O2S2/c1-2-4-7-6(3-1)8-5-9-7;1-11-9-4(5(10)12)3-2-13-6(7)8-3/h1-5H;2H,1H3,(H2,7,8)(H,10,12)/b;9-4-.